The van der Waals surface area contributed by atoms with Gasteiger partial charge in [-0.15, -0.1) is 0 Å². The van der Waals surface area contributed by atoms with Gasteiger partial charge in [0.05, 0.1) is 5.02 Å². The predicted octanol–water partition coefficient (Wildman–Crippen LogP) is 2.03. The Hall–Kier alpha value is -1.36. The van der Waals surface area contributed by atoms with E-state index in [1.54, 1.807) is 11.0 Å². The van der Waals surface area contributed by atoms with Gasteiger partial charge in [-0.2, -0.15) is 4.31 Å². The average Bonchev–Trinajstić information content (AvgIpc) is 2.66. The fraction of sp³-hybridized carbons (Fsp3) is 0.529. The van der Waals surface area contributed by atoms with Crippen molar-refractivity contribution in [2.45, 2.75) is 24.7 Å². The number of urea groups is 1. The van der Waals surface area contributed by atoms with Gasteiger partial charge in [0.15, 0.2) is 0 Å². The molecule has 2 N–H and O–H groups in total. The van der Waals surface area contributed by atoms with Crippen LogP contribution >= 0.6 is 27.5 Å². The number of hydrogen-bond donors (Lipinski definition) is 2. The minimum absolute atomic E-state index is 0.0494. The van der Waals surface area contributed by atoms with Gasteiger partial charge in [-0.25, -0.2) is 13.2 Å². The number of carbonyl (C=O) groups is 2. The highest BCUT2D eigenvalue weighted by molar-refractivity contribution is 9.10. The second kappa shape index (κ2) is 10.4. The van der Waals surface area contributed by atoms with Gasteiger partial charge in [-0.05, 0) is 24.6 Å². The SMILES string of the molecule is CCCNC(=O)CCNC(=O)N1CCN(S(=O)(=O)c2ccc(Br)cc2Cl)CC1. The summed E-state index contributed by atoms with van der Waals surface area (Å²) >= 11 is 9.34. The molecule has 8 nitrogen and oxygen atoms in total. The molecule has 156 valence electrons. The van der Waals surface area contributed by atoms with E-state index in [9.17, 15) is 18.0 Å². The number of hydrogen-bond acceptors (Lipinski definition) is 4. The lowest BCUT2D eigenvalue weighted by Gasteiger charge is -2.34. The van der Waals surface area contributed by atoms with Gasteiger partial charge in [-0.3, -0.25) is 4.79 Å². The van der Waals surface area contributed by atoms with E-state index in [-0.39, 0.29) is 61.0 Å². The first-order chi connectivity index (χ1) is 13.3. The van der Waals surface area contributed by atoms with Crippen molar-refractivity contribution < 1.29 is 18.0 Å². The Kier molecular flexibility index (Phi) is 8.54. The molecule has 0 aromatic heterocycles. The van der Waals surface area contributed by atoms with Gasteiger partial charge >= 0.3 is 6.03 Å². The van der Waals surface area contributed by atoms with Gasteiger partial charge in [0.1, 0.15) is 4.90 Å². The molecule has 1 saturated heterocycles. The predicted molar refractivity (Wildman–Crippen MR) is 111 cm³/mol. The van der Waals surface area contributed by atoms with E-state index in [0.717, 1.165) is 6.42 Å². The maximum atomic E-state index is 12.8. The third kappa shape index (κ3) is 6.07. The molecule has 28 heavy (non-hydrogen) atoms. The van der Waals surface area contributed by atoms with E-state index in [2.05, 4.69) is 26.6 Å². The number of sulfonamides is 1. The molecule has 1 aromatic rings. The third-order valence-corrected chi connectivity index (χ3v) is 7.11. The van der Waals surface area contributed by atoms with Crippen molar-refractivity contribution in [3.05, 3.63) is 27.7 Å². The van der Waals surface area contributed by atoms with Crippen LogP contribution in [0.2, 0.25) is 5.02 Å². The summed E-state index contributed by atoms with van der Waals surface area (Å²) in [6, 6.07) is 4.32. The molecule has 0 bridgehead atoms. The number of rotatable bonds is 7. The molecule has 0 spiro atoms. The molecule has 2 rings (SSSR count). The highest BCUT2D eigenvalue weighted by Gasteiger charge is 2.31. The normalized spacial score (nSPS) is 15.3. The van der Waals surface area contributed by atoms with Crippen LogP contribution in [-0.2, 0) is 14.8 Å². The minimum Gasteiger partial charge on any atom is -0.356 e. The summed E-state index contributed by atoms with van der Waals surface area (Å²) in [5.74, 6) is -0.107. The van der Waals surface area contributed by atoms with Crippen molar-refractivity contribution in [3.8, 4) is 0 Å². The third-order valence-electron chi connectivity index (χ3n) is 4.24. The Labute approximate surface area is 178 Å². The monoisotopic (exact) mass is 494 g/mol. The van der Waals surface area contributed by atoms with E-state index < -0.39 is 10.0 Å². The molecular weight excluding hydrogens is 472 g/mol. The van der Waals surface area contributed by atoms with Crippen molar-refractivity contribution in [2.24, 2.45) is 0 Å². The molecule has 1 aliphatic rings. The largest absolute Gasteiger partial charge is 0.356 e. The summed E-state index contributed by atoms with van der Waals surface area (Å²) in [6.07, 6.45) is 1.07. The maximum absolute atomic E-state index is 12.8. The Balaban J connectivity index is 1.84. The zero-order chi connectivity index (χ0) is 20.7. The molecule has 0 unspecified atom stereocenters. The molecule has 1 fully saturated rings. The number of nitrogens with one attached hydrogen (secondary N) is 2. The Morgan fingerprint density at radius 2 is 1.82 bits per heavy atom. The molecule has 1 heterocycles. The minimum atomic E-state index is -3.73. The van der Waals surface area contributed by atoms with Crippen LogP contribution in [0.4, 0.5) is 4.79 Å². The van der Waals surface area contributed by atoms with Crippen LogP contribution in [0.3, 0.4) is 0 Å². The molecule has 1 aliphatic heterocycles. The van der Waals surface area contributed by atoms with Gasteiger partial charge < -0.3 is 15.5 Å². The smallest absolute Gasteiger partial charge is 0.317 e. The Morgan fingerprint density at radius 3 is 2.43 bits per heavy atom. The molecule has 0 radical (unpaired) electrons. The number of amides is 3. The van der Waals surface area contributed by atoms with Gasteiger partial charge in [0.25, 0.3) is 0 Å². The van der Waals surface area contributed by atoms with E-state index in [1.807, 2.05) is 6.92 Å². The molecule has 0 aliphatic carbocycles. The average molecular weight is 496 g/mol. The lowest BCUT2D eigenvalue weighted by atomic mass is 10.3. The van der Waals surface area contributed by atoms with E-state index in [1.165, 1.54) is 16.4 Å². The van der Waals surface area contributed by atoms with Crippen molar-refractivity contribution in [1.82, 2.24) is 19.8 Å². The van der Waals surface area contributed by atoms with E-state index in [0.29, 0.717) is 11.0 Å². The van der Waals surface area contributed by atoms with Crippen LogP contribution < -0.4 is 10.6 Å². The summed E-state index contributed by atoms with van der Waals surface area (Å²) in [5, 5.41) is 5.58. The van der Waals surface area contributed by atoms with Crippen molar-refractivity contribution >= 4 is 49.5 Å². The van der Waals surface area contributed by atoms with E-state index >= 15 is 0 Å². The zero-order valence-corrected chi connectivity index (χ0v) is 18.7. The first-order valence-electron chi connectivity index (χ1n) is 9.00. The zero-order valence-electron chi connectivity index (χ0n) is 15.6. The van der Waals surface area contributed by atoms with E-state index in [4.69, 9.17) is 11.6 Å². The summed E-state index contributed by atoms with van der Waals surface area (Å²) in [4.78, 5) is 25.3. The fourth-order valence-electron chi connectivity index (χ4n) is 2.70. The van der Waals surface area contributed by atoms with Crippen LogP contribution in [0.1, 0.15) is 19.8 Å². The number of halogens is 2. The number of nitrogens with zero attached hydrogens (tertiary/aromatic N) is 2. The summed E-state index contributed by atoms with van der Waals surface area (Å²) < 4.78 is 27.6. The highest BCUT2D eigenvalue weighted by Crippen LogP contribution is 2.28. The molecule has 0 atom stereocenters. The van der Waals surface area contributed by atoms with Gasteiger partial charge in [0, 0.05) is 50.2 Å². The Bertz CT molecular complexity index is 813. The molecule has 3 amide bonds. The lowest BCUT2D eigenvalue weighted by Crippen LogP contribution is -2.53. The molecule has 0 saturated carbocycles. The van der Waals surface area contributed by atoms with Crippen LogP contribution in [0, 0.1) is 0 Å². The number of carbonyl (C=O) groups excluding carboxylic acids is 2. The highest BCUT2D eigenvalue weighted by atomic mass is 79.9. The molecule has 1 aromatic carbocycles. The molecular formula is C17H24BrClN4O4S. The second-order valence-electron chi connectivity index (χ2n) is 6.30. The van der Waals surface area contributed by atoms with Crippen molar-refractivity contribution in [1.29, 1.82) is 0 Å². The topological polar surface area (TPSA) is 98.8 Å². The summed E-state index contributed by atoms with van der Waals surface area (Å²) in [5.41, 5.74) is 0. The number of piperazine rings is 1. The van der Waals surface area contributed by atoms with Gasteiger partial charge in [0.2, 0.25) is 15.9 Å². The number of benzene rings is 1. The van der Waals surface area contributed by atoms with Crippen LogP contribution in [-0.4, -0.2) is 68.8 Å². The molecule has 11 heteroatoms. The van der Waals surface area contributed by atoms with Crippen LogP contribution in [0.25, 0.3) is 0 Å². The Morgan fingerprint density at radius 1 is 1.14 bits per heavy atom. The quantitative estimate of drug-likeness (QED) is 0.605. The lowest BCUT2D eigenvalue weighted by molar-refractivity contribution is -0.120. The fourth-order valence-corrected chi connectivity index (χ4v) is 5.14. The van der Waals surface area contributed by atoms with Crippen LogP contribution in [0.5, 0.6) is 0 Å². The van der Waals surface area contributed by atoms with Crippen LogP contribution in [0.15, 0.2) is 27.6 Å². The van der Waals surface area contributed by atoms with Crippen molar-refractivity contribution in [3.63, 3.8) is 0 Å². The standard InChI is InChI=1S/C17H24BrClN4O4S/c1-2-6-20-16(24)5-7-21-17(25)22-8-10-23(11-9-22)28(26,27)15-4-3-13(18)12-14(15)19/h3-4,12H,2,5-11H2,1H3,(H,20,24)(H,21,25). The van der Waals surface area contributed by atoms with Crippen molar-refractivity contribution in [2.75, 3.05) is 39.3 Å². The van der Waals surface area contributed by atoms with Gasteiger partial charge in [-0.1, -0.05) is 34.5 Å². The first kappa shape index (κ1) is 22.9. The first-order valence-corrected chi connectivity index (χ1v) is 11.6. The summed E-state index contributed by atoms with van der Waals surface area (Å²) in [7, 11) is -3.73. The maximum Gasteiger partial charge on any atom is 0.317 e. The second-order valence-corrected chi connectivity index (χ2v) is 9.53. The summed E-state index contributed by atoms with van der Waals surface area (Å²) in [6.45, 7) is 3.71.